The van der Waals surface area contributed by atoms with E-state index in [1.54, 1.807) is 0 Å². The molecule has 0 aromatic carbocycles. The SMILES string of the molecule is CCCCC(=O)OC(C)C(=O)Cl. The van der Waals surface area contributed by atoms with Crippen molar-refractivity contribution in [3.8, 4) is 0 Å². The van der Waals surface area contributed by atoms with Crippen molar-refractivity contribution in [2.24, 2.45) is 0 Å². The molecule has 0 aliphatic heterocycles. The summed E-state index contributed by atoms with van der Waals surface area (Å²) in [4.78, 5) is 21.3. The zero-order chi connectivity index (χ0) is 9.56. The zero-order valence-corrected chi connectivity index (χ0v) is 8.06. The fraction of sp³-hybridized carbons (Fsp3) is 0.750. The highest BCUT2D eigenvalue weighted by molar-refractivity contribution is 6.64. The average Bonchev–Trinajstić information content (AvgIpc) is 2.00. The van der Waals surface area contributed by atoms with Crippen LogP contribution in [0.2, 0.25) is 0 Å². The van der Waals surface area contributed by atoms with E-state index in [-0.39, 0.29) is 5.97 Å². The molecule has 0 rings (SSSR count). The number of carbonyl (C=O) groups excluding carboxylic acids is 2. The maximum absolute atomic E-state index is 10.9. The second kappa shape index (κ2) is 6.00. The van der Waals surface area contributed by atoms with Crippen molar-refractivity contribution in [3.05, 3.63) is 0 Å². The van der Waals surface area contributed by atoms with E-state index in [4.69, 9.17) is 16.3 Å². The highest BCUT2D eigenvalue weighted by Crippen LogP contribution is 2.02. The molecule has 0 radical (unpaired) electrons. The fourth-order valence-electron chi connectivity index (χ4n) is 0.624. The molecular weight excluding hydrogens is 180 g/mol. The van der Waals surface area contributed by atoms with Gasteiger partial charge in [-0.15, -0.1) is 0 Å². The average molecular weight is 193 g/mol. The Bertz CT molecular complexity index is 168. The summed E-state index contributed by atoms with van der Waals surface area (Å²) in [5, 5.41) is -0.639. The van der Waals surface area contributed by atoms with E-state index in [9.17, 15) is 9.59 Å². The lowest BCUT2D eigenvalue weighted by atomic mass is 10.2. The summed E-state index contributed by atoms with van der Waals surface area (Å²) >= 11 is 5.09. The lowest BCUT2D eigenvalue weighted by molar-refractivity contribution is -0.151. The van der Waals surface area contributed by atoms with Crippen molar-refractivity contribution in [3.63, 3.8) is 0 Å². The summed E-state index contributed by atoms with van der Waals surface area (Å²) in [5.41, 5.74) is 0. The van der Waals surface area contributed by atoms with Crippen LogP contribution in [-0.4, -0.2) is 17.3 Å². The summed E-state index contributed by atoms with van der Waals surface area (Å²) in [7, 11) is 0. The first kappa shape index (κ1) is 11.4. The van der Waals surface area contributed by atoms with E-state index in [1.165, 1.54) is 6.92 Å². The van der Waals surface area contributed by atoms with Gasteiger partial charge in [-0.1, -0.05) is 13.3 Å². The molecule has 0 saturated heterocycles. The number of esters is 1. The molecule has 0 heterocycles. The van der Waals surface area contributed by atoms with Crippen LogP contribution in [0.3, 0.4) is 0 Å². The van der Waals surface area contributed by atoms with Gasteiger partial charge >= 0.3 is 5.97 Å². The Balaban J connectivity index is 3.61. The molecule has 0 saturated carbocycles. The van der Waals surface area contributed by atoms with E-state index >= 15 is 0 Å². The van der Waals surface area contributed by atoms with Gasteiger partial charge in [-0.2, -0.15) is 0 Å². The Morgan fingerprint density at radius 1 is 1.50 bits per heavy atom. The first-order chi connectivity index (χ1) is 5.57. The van der Waals surface area contributed by atoms with Crippen molar-refractivity contribution in [1.82, 2.24) is 0 Å². The molecular formula is C8H13ClO3. The Hall–Kier alpha value is -0.570. The molecule has 0 bridgehead atoms. The van der Waals surface area contributed by atoms with Crippen LogP contribution in [0.5, 0.6) is 0 Å². The van der Waals surface area contributed by atoms with E-state index in [2.05, 4.69) is 0 Å². The van der Waals surface area contributed by atoms with Gasteiger partial charge in [0.25, 0.3) is 5.24 Å². The molecule has 0 amide bonds. The van der Waals surface area contributed by atoms with Gasteiger partial charge in [0.2, 0.25) is 0 Å². The van der Waals surface area contributed by atoms with Crippen LogP contribution in [0, 0.1) is 0 Å². The van der Waals surface area contributed by atoms with Crippen molar-refractivity contribution in [1.29, 1.82) is 0 Å². The number of hydrogen-bond acceptors (Lipinski definition) is 3. The highest BCUT2D eigenvalue weighted by Gasteiger charge is 2.14. The first-order valence-electron chi connectivity index (χ1n) is 3.96. The number of ether oxygens (including phenoxy) is 1. The lowest BCUT2D eigenvalue weighted by Gasteiger charge is -2.07. The molecule has 0 aromatic heterocycles. The van der Waals surface area contributed by atoms with Crippen LogP contribution in [-0.2, 0) is 14.3 Å². The Morgan fingerprint density at radius 2 is 2.08 bits per heavy atom. The van der Waals surface area contributed by atoms with Crippen molar-refractivity contribution < 1.29 is 14.3 Å². The van der Waals surface area contributed by atoms with Crippen LogP contribution >= 0.6 is 11.6 Å². The minimum Gasteiger partial charge on any atom is -0.453 e. The number of hydrogen-bond donors (Lipinski definition) is 0. The van der Waals surface area contributed by atoms with Crippen molar-refractivity contribution in [2.75, 3.05) is 0 Å². The van der Waals surface area contributed by atoms with E-state index in [0.717, 1.165) is 12.8 Å². The quantitative estimate of drug-likeness (QED) is 0.494. The van der Waals surface area contributed by atoms with E-state index in [1.807, 2.05) is 6.92 Å². The molecule has 0 aliphatic carbocycles. The largest absolute Gasteiger partial charge is 0.453 e. The summed E-state index contributed by atoms with van der Waals surface area (Å²) in [5.74, 6) is -0.363. The van der Waals surface area contributed by atoms with Gasteiger partial charge in [-0.25, -0.2) is 0 Å². The third kappa shape index (κ3) is 5.13. The first-order valence-corrected chi connectivity index (χ1v) is 4.34. The molecule has 4 heteroatoms. The summed E-state index contributed by atoms with van der Waals surface area (Å²) in [6.07, 6.45) is 1.24. The summed E-state index contributed by atoms with van der Waals surface area (Å²) < 4.78 is 4.69. The number of halogens is 1. The fourth-order valence-corrected chi connectivity index (χ4v) is 0.668. The molecule has 3 nitrogen and oxygen atoms in total. The minimum atomic E-state index is -0.823. The van der Waals surface area contributed by atoms with Gasteiger partial charge in [0.15, 0.2) is 6.10 Å². The monoisotopic (exact) mass is 192 g/mol. The predicted molar refractivity (Wildman–Crippen MR) is 45.9 cm³/mol. The van der Waals surface area contributed by atoms with Crippen LogP contribution in [0.1, 0.15) is 33.1 Å². The maximum Gasteiger partial charge on any atom is 0.306 e. The van der Waals surface area contributed by atoms with Crippen LogP contribution < -0.4 is 0 Å². The minimum absolute atomic E-state index is 0.352. The van der Waals surface area contributed by atoms with Crippen molar-refractivity contribution >= 4 is 22.8 Å². The molecule has 0 fully saturated rings. The third-order valence-corrected chi connectivity index (χ3v) is 1.67. The molecule has 0 N–H and O–H groups in total. The highest BCUT2D eigenvalue weighted by atomic mass is 35.5. The van der Waals surface area contributed by atoms with Gasteiger partial charge in [0.1, 0.15) is 0 Å². The molecule has 0 aromatic rings. The van der Waals surface area contributed by atoms with Gasteiger partial charge in [-0.05, 0) is 24.9 Å². The van der Waals surface area contributed by atoms with Crippen LogP contribution in [0.4, 0.5) is 0 Å². The number of rotatable bonds is 5. The second-order valence-electron chi connectivity index (χ2n) is 2.54. The number of carbonyl (C=O) groups is 2. The molecule has 0 spiro atoms. The summed E-state index contributed by atoms with van der Waals surface area (Å²) in [6.45, 7) is 3.43. The Labute approximate surface area is 77.0 Å². The standard InChI is InChI=1S/C8H13ClO3/c1-3-4-5-7(10)12-6(2)8(9)11/h6H,3-5H2,1-2H3. The zero-order valence-electron chi connectivity index (χ0n) is 7.30. The van der Waals surface area contributed by atoms with Crippen molar-refractivity contribution in [2.45, 2.75) is 39.2 Å². The molecule has 70 valence electrons. The smallest absolute Gasteiger partial charge is 0.306 e. The molecule has 1 atom stereocenters. The Morgan fingerprint density at radius 3 is 2.50 bits per heavy atom. The second-order valence-corrected chi connectivity index (χ2v) is 2.91. The predicted octanol–water partition coefficient (Wildman–Crippen LogP) is 1.87. The normalized spacial score (nSPS) is 12.2. The Kier molecular flexibility index (Phi) is 5.72. The van der Waals surface area contributed by atoms with Gasteiger partial charge in [0, 0.05) is 6.42 Å². The topological polar surface area (TPSA) is 43.4 Å². The lowest BCUT2D eigenvalue weighted by Crippen LogP contribution is -2.20. The van der Waals surface area contributed by atoms with E-state index in [0.29, 0.717) is 6.42 Å². The van der Waals surface area contributed by atoms with Crippen LogP contribution in [0.15, 0.2) is 0 Å². The van der Waals surface area contributed by atoms with Crippen LogP contribution in [0.25, 0.3) is 0 Å². The summed E-state index contributed by atoms with van der Waals surface area (Å²) in [6, 6.07) is 0. The maximum atomic E-state index is 10.9. The van der Waals surface area contributed by atoms with Gasteiger partial charge in [-0.3, -0.25) is 9.59 Å². The molecule has 1 unspecified atom stereocenters. The number of unbranched alkanes of at least 4 members (excludes halogenated alkanes) is 1. The van der Waals surface area contributed by atoms with E-state index < -0.39 is 11.3 Å². The van der Waals surface area contributed by atoms with Gasteiger partial charge < -0.3 is 4.74 Å². The third-order valence-electron chi connectivity index (χ3n) is 1.36. The van der Waals surface area contributed by atoms with Gasteiger partial charge in [0.05, 0.1) is 0 Å². The molecule has 0 aliphatic rings. The molecule has 12 heavy (non-hydrogen) atoms.